The predicted octanol–water partition coefficient (Wildman–Crippen LogP) is 3.30. The predicted molar refractivity (Wildman–Crippen MR) is 77.1 cm³/mol. The van der Waals surface area contributed by atoms with Gasteiger partial charge in [-0.1, -0.05) is 38.1 Å². The molecule has 1 aromatic heterocycles. The van der Waals surface area contributed by atoms with Crippen LogP contribution in [0.1, 0.15) is 49.5 Å². The van der Waals surface area contributed by atoms with Crippen molar-refractivity contribution in [1.82, 2.24) is 9.78 Å². The van der Waals surface area contributed by atoms with Gasteiger partial charge in [0.05, 0.1) is 12.3 Å². The molecule has 0 saturated carbocycles. The Labute approximate surface area is 114 Å². The third kappa shape index (κ3) is 3.44. The molecule has 1 atom stereocenters. The molecule has 0 fully saturated rings. The monoisotopic (exact) mass is 258 g/mol. The van der Waals surface area contributed by atoms with Gasteiger partial charge in [-0.15, -0.1) is 0 Å². The van der Waals surface area contributed by atoms with Crippen molar-refractivity contribution in [2.45, 2.75) is 45.8 Å². The van der Waals surface area contributed by atoms with Crippen LogP contribution in [0.25, 0.3) is 0 Å². The first-order chi connectivity index (χ1) is 9.10. The van der Waals surface area contributed by atoms with E-state index in [1.807, 2.05) is 17.8 Å². The Hall–Kier alpha value is -1.61. The van der Waals surface area contributed by atoms with Gasteiger partial charge in [-0.05, 0) is 24.0 Å². The smallest absolute Gasteiger partial charge is 0.0860 e. The lowest BCUT2D eigenvalue weighted by atomic mass is 9.98. The normalized spacial score (nSPS) is 12.9. The van der Waals surface area contributed by atoms with Gasteiger partial charge in [-0.25, -0.2) is 0 Å². The zero-order valence-corrected chi connectivity index (χ0v) is 11.9. The second-order valence-electron chi connectivity index (χ2n) is 5.25. The zero-order valence-electron chi connectivity index (χ0n) is 11.9. The third-order valence-corrected chi connectivity index (χ3v) is 3.44. The molecule has 102 valence electrons. The summed E-state index contributed by atoms with van der Waals surface area (Å²) in [5, 5.41) is 14.4. The molecule has 1 N–H and O–H groups in total. The molecule has 0 aliphatic carbocycles. The maximum Gasteiger partial charge on any atom is 0.0860 e. The highest BCUT2D eigenvalue weighted by molar-refractivity contribution is 5.26. The van der Waals surface area contributed by atoms with Crippen molar-refractivity contribution in [2.75, 3.05) is 0 Å². The number of nitrogens with zero attached hydrogens (tertiary/aromatic N) is 2. The Morgan fingerprint density at radius 2 is 1.84 bits per heavy atom. The van der Waals surface area contributed by atoms with Crippen LogP contribution in [0, 0.1) is 0 Å². The van der Waals surface area contributed by atoms with Gasteiger partial charge in [0, 0.05) is 24.7 Å². The van der Waals surface area contributed by atoms with E-state index in [0.29, 0.717) is 12.3 Å². The van der Waals surface area contributed by atoms with Crippen molar-refractivity contribution in [3.05, 3.63) is 53.3 Å². The molecule has 0 aliphatic rings. The molecule has 3 heteroatoms. The summed E-state index contributed by atoms with van der Waals surface area (Å²) in [5.74, 6) is 0.543. The highest BCUT2D eigenvalue weighted by Crippen LogP contribution is 2.20. The largest absolute Gasteiger partial charge is 0.388 e. The lowest BCUT2D eigenvalue weighted by Crippen LogP contribution is -2.01. The number of benzene rings is 1. The molecule has 1 aromatic carbocycles. The van der Waals surface area contributed by atoms with Gasteiger partial charge in [0.2, 0.25) is 0 Å². The van der Waals surface area contributed by atoms with Crippen LogP contribution in [0.4, 0.5) is 0 Å². The topological polar surface area (TPSA) is 38.0 Å². The molecule has 0 spiro atoms. The number of aromatic nitrogens is 2. The molecule has 0 amide bonds. The van der Waals surface area contributed by atoms with Crippen LogP contribution in [0.5, 0.6) is 0 Å². The second kappa shape index (κ2) is 6.02. The average Bonchev–Trinajstić information content (AvgIpc) is 2.88. The van der Waals surface area contributed by atoms with Crippen LogP contribution in [0.15, 0.2) is 36.7 Å². The van der Waals surface area contributed by atoms with Gasteiger partial charge in [0.1, 0.15) is 0 Å². The Balaban J connectivity index is 2.03. The van der Waals surface area contributed by atoms with Crippen molar-refractivity contribution in [3.8, 4) is 0 Å². The Morgan fingerprint density at radius 3 is 2.37 bits per heavy atom. The number of aliphatic hydroxyl groups is 1. The van der Waals surface area contributed by atoms with Crippen molar-refractivity contribution in [1.29, 1.82) is 0 Å². The molecule has 3 nitrogen and oxygen atoms in total. The van der Waals surface area contributed by atoms with Gasteiger partial charge < -0.3 is 5.11 Å². The first-order valence-corrected chi connectivity index (χ1v) is 6.89. The van der Waals surface area contributed by atoms with Gasteiger partial charge in [0.15, 0.2) is 0 Å². The minimum atomic E-state index is -0.481. The van der Waals surface area contributed by atoms with Gasteiger partial charge in [-0.3, -0.25) is 4.68 Å². The summed E-state index contributed by atoms with van der Waals surface area (Å²) < 4.78 is 1.83. The van der Waals surface area contributed by atoms with Gasteiger partial charge in [-0.2, -0.15) is 5.10 Å². The van der Waals surface area contributed by atoms with E-state index in [1.54, 1.807) is 6.20 Å². The summed E-state index contributed by atoms with van der Waals surface area (Å²) in [7, 11) is 0. The van der Waals surface area contributed by atoms with Crippen molar-refractivity contribution >= 4 is 0 Å². The van der Waals surface area contributed by atoms with Crippen LogP contribution >= 0.6 is 0 Å². The summed E-state index contributed by atoms with van der Waals surface area (Å²) >= 11 is 0. The van der Waals surface area contributed by atoms with E-state index < -0.39 is 6.10 Å². The lowest BCUT2D eigenvalue weighted by Gasteiger charge is -2.10. The molecule has 2 aromatic rings. The lowest BCUT2D eigenvalue weighted by molar-refractivity contribution is 0.178. The maximum absolute atomic E-state index is 10.2. The molecule has 0 aliphatic heterocycles. The van der Waals surface area contributed by atoms with E-state index in [4.69, 9.17) is 0 Å². The Kier molecular flexibility index (Phi) is 4.38. The summed E-state index contributed by atoms with van der Waals surface area (Å²) in [6.45, 7) is 7.23. The Bertz CT molecular complexity index is 514. The average molecular weight is 258 g/mol. The van der Waals surface area contributed by atoms with Crippen molar-refractivity contribution in [2.24, 2.45) is 0 Å². The SMILES string of the molecule is CCn1cc(C(O)Cc2ccc(C(C)C)cc2)cn1. The Morgan fingerprint density at radius 1 is 1.16 bits per heavy atom. The van der Waals surface area contributed by atoms with Crippen LogP contribution in [-0.4, -0.2) is 14.9 Å². The fourth-order valence-corrected chi connectivity index (χ4v) is 2.10. The highest BCUT2D eigenvalue weighted by atomic mass is 16.3. The minimum absolute atomic E-state index is 0.481. The quantitative estimate of drug-likeness (QED) is 0.893. The standard InChI is InChI=1S/C16H22N2O/c1-4-18-11-15(10-17-18)16(19)9-13-5-7-14(8-6-13)12(2)3/h5-8,10-12,16,19H,4,9H2,1-3H3. The summed E-state index contributed by atoms with van der Waals surface area (Å²) in [4.78, 5) is 0. The van der Waals surface area contributed by atoms with Gasteiger partial charge >= 0.3 is 0 Å². The number of rotatable bonds is 5. The van der Waals surface area contributed by atoms with E-state index in [9.17, 15) is 5.11 Å². The van der Waals surface area contributed by atoms with E-state index in [1.165, 1.54) is 5.56 Å². The number of aliphatic hydroxyl groups excluding tert-OH is 1. The zero-order chi connectivity index (χ0) is 13.8. The third-order valence-electron chi connectivity index (χ3n) is 3.44. The highest BCUT2D eigenvalue weighted by Gasteiger charge is 2.11. The molecule has 1 unspecified atom stereocenters. The van der Waals surface area contributed by atoms with Crippen LogP contribution < -0.4 is 0 Å². The molecule has 19 heavy (non-hydrogen) atoms. The molecule has 1 heterocycles. The molecule has 0 saturated heterocycles. The van der Waals surface area contributed by atoms with Crippen LogP contribution in [0.3, 0.4) is 0 Å². The molecule has 2 rings (SSSR count). The number of aryl methyl sites for hydroxylation is 1. The molecule has 0 radical (unpaired) electrons. The van der Waals surface area contributed by atoms with Crippen LogP contribution in [-0.2, 0) is 13.0 Å². The second-order valence-corrected chi connectivity index (χ2v) is 5.25. The first-order valence-electron chi connectivity index (χ1n) is 6.89. The fourth-order valence-electron chi connectivity index (χ4n) is 2.10. The van der Waals surface area contributed by atoms with E-state index in [-0.39, 0.29) is 0 Å². The van der Waals surface area contributed by atoms with Crippen molar-refractivity contribution < 1.29 is 5.11 Å². The number of hydrogen-bond acceptors (Lipinski definition) is 2. The van der Waals surface area contributed by atoms with E-state index >= 15 is 0 Å². The van der Waals surface area contributed by atoms with E-state index in [0.717, 1.165) is 17.7 Å². The fraction of sp³-hybridized carbons (Fsp3) is 0.438. The minimum Gasteiger partial charge on any atom is -0.388 e. The molecular formula is C16H22N2O. The van der Waals surface area contributed by atoms with Crippen molar-refractivity contribution in [3.63, 3.8) is 0 Å². The summed E-state index contributed by atoms with van der Waals surface area (Å²) in [5.41, 5.74) is 3.37. The van der Waals surface area contributed by atoms with E-state index in [2.05, 4.69) is 43.2 Å². The number of hydrogen-bond donors (Lipinski definition) is 1. The van der Waals surface area contributed by atoms with Gasteiger partial charge in [0.25, 0.3) is 0 Å². The maximum atomic E-state index is 10.2. The van der Waals surface area contributed by atoms with Crippen LogP contribution in [0.2, 0.25) is 0 Å². The molecule has 0 bridgehead atoms. The first kappa shape index (κ1) is 13.8. The summed E-state index contributed by atoms with van der Waals surface area (Å²) in [6, 6.07) is 8.48. The molecular weight excluding hydrogens is 236 g/mol. The summed E-state index contributed by atoms with van der Waals surface area (Å²) in [6.07, 6.45) is 3.81.